The lowest BCUT2D eigenvalue weighted by Gasteiger charge is -2.07. The third kappa shape index (κ3) is 21.9. The average Bonchev–Trinajstić information content (AvgIpc) is 3.35. The predicted octanol–water partition coefficient (Wildman–Crippen LogP) is 12.7. The third-order valence-corrected chi connectivity index (χ3v) is 9.10. The number of hydrogen-bond acceptors (Lipinski definition) is 0. The van der Waals surface area contributed by atoms with Crippen molar-refractivity contribution in [2.75, 3.05) is 0 Å². The van der Waals surface area contributed by atoms with E-state index in [0.717, 1.165) is 0 Å². The van der Waals surface area contributed by atoms with Gasteiger partial charge in [0.1, 0.15) is 12.4 Å². The molecule has 1 aromatic heterocycles. The number of hydrogen-bond donors (Lipinski definition) is 0. The van der Waals surface area contributed by atoms with Crippen LogP contribution in [0.4, 0.5) is 0 Å². The van der Waals surface area contributed by atoms with Crippen molar-refractivity contribution in [3.63, 3.8) is 0 Å². The molecular formula is C38H75N2+. The topological polar surface area (TPSA) is 8.81 Å². The molecule has 0 fully saturated rings. The largest absolute Gasteiger partial charge is 0.256 e. The van der Waals surface area contributed by atoms with Crippen LogP contribution in [0.5, 0.6) is 0 Å². The fraction of sp³-hybridized carbons (Fsp3) is 0.921. The predicted molar refractivity (Wildman–Crippen MR) is 179 cm³/mol. The van der Waals surface area contributed by atoms with Crippen LogP contribution in [0.3, 0.4) is 0 Å². The first-order valence-corrected chi connectivity index (χ1v) is 18.9. The van der Waals surface area contributed by atoms with Gasteiger partial charge in [0.05, 0.1) is 13.1 Å². The molecule has 40 heavy (non-hydrogen) atoms. The highest BCUT2D eigenvalue weighted by Gasteiger charge is 2.16. The maximum Gasteiger partial charge on any atom is 0.256 e. The summed E-state index contributed by atoms with van der Waals surface area (Å²) in [6.45, 7) is 9.40. The van der Waals surface area contributed by atoms with E-state index in [9.17, 15) is 0 Å². The molecule has 1 aromatic rings. The molecule has 0 spiro atoms. The van der Waals surface area contributed by atoms with Crippen molar-refractivity contribution in [1.29, 1.82) is 0 Å². The Bertz CT molecular complexity index is 619. The standard InChI is InChI=1S/C38H75N2/c1-4-7-10-13-15-17-18-19-20-21-22-23-25-27-29-32-35-40-37-36-39(38(40)33-30-12-9-6-3)34-31-28-26-24-16-14-11-8-5-2/h36-37H,4-35H2,1-3H3/q+1. The smallest absolute Gasteiger partial charge is 0.234 e. The van der Waals surface area contributed by atoms with Gasteiger partial charge in [-0.25, -0.2) is 9.13 Å². The SMILES string of the molecule is CCCCCCCCCCCCCCCCCCn1cc[n+](CCCCCCCCCCC)c1CCCCCC. The van der Waals surface area contributed by atoms with Crippen molar-refractivity contribution in [3.8, 4) is 0 Å². The van der Waals surface area contributed by atoms with Crippen LogP contribution in [0.2, 0.25) is 0 Å². The summed E-state index contributed by atoms with van der Waals surface area (Å²) in [6, 6.07) is 0. The number of imidazole rings is 1. The molecule has 1 rings (SSSR count). The minimum Gasteiger partial charge on any atom is -0.234 e. The van der Waals surface area contributed by atoms with Crippen molar-refractivity contribution < 1.29 is 4.57 Å². The van der Waals surface area contributed by atoms with Crippen LogP contribution in [0.25, 0.3) is 0 Å². The number of nitrogens with zero attached hydrogens (tertiary/aromatic N) is 2. The van der Waals surface area contributed by atoms with Gasteiger partial charge >= 0.3 is 0 Å². The third-order valence-electron chi connectivity index (χ3n) is 9.10. The number of aromatic nitrogens is 2. The van der Waals surface area contributed by atoms with Crippen LogP contribution in [0.1, 0.15) is 213 Å². The summed E-state index contributed by atoms with van der Waals surface area (Å²) in [4.78, 5) is 0. The lowest BCUT2D eigenvalue weighted by Crippen LogP contribution is -2.37. The molecule has 0 aromatic carbocycles. The number of unbranched alkanes of at least 4 members (excludes halogenated alkanes) is 26. The molecule has 2 heteroatoms. The van der Waals surface area contributed by atoms with Gasteiger partial charge in [0.15, 0.2) is 0 Å². The van der Waals surface area contributed by atoms with E-state index < -0.39 is 0 Å². The van der Waals surface area contributed by atoms with Crippen molar-refractivity contribution in [1.82, 2.24) is 4.57 Å². The zero-order valence-electron chi connectivity index (χ0n) is 28.2. The summed E-state index contributed by atoms with van der Waals surface area (Å²) >= 11 is 0. The van der Waals surface area contributed by atoms with E-state index in [0.29, 0.717) is 0 Å². The zero-order valence-corrected chi connectivity index (χ0v) is 28.2. The zero-order chi connectivity index (χ0) is 28.8. The van der Waals surface area contributed by atoms with E-state index in [1.165, 1.54) is 206 Å². The Labute approximate surface area is 253 Å². The first kappa shape index (κ1) is 37.2. The molecule has 1 heterocycles. The molecule has 0 amide bonds. The normalized spacial score (nSPS) is 11.6. The van der Waals surface area contributed by atoms with Crippen molar-refractivity contribution in [2.24, 2.45) is 0 Å². The summed E-state index contributed by atoms with van der Waals surface area (Å²) in [7, 11) is 0. The van der Waals surface area contributed by atoms with Crippen molar-refractivity contribution >= 4 is 0 Å². The molecule has 0 radical (unpaired) electrons. The summed E-state index contributed by atoms with van der Waals surface area (Å²) in [5.41, 5.74) is 0. The minimum absolute atomic E-state index is 1.23. The highest BCUT2D eigenvalue weighted by Crippen LogP contribution is 2.15. The molecule has 0 bridgehead atoms. The summed E-state index contributed by atoms with van der Waals surface area (Å²) < 4.78 is 5.23. The van der Waals surface area contributed by atoms with Gasteiger partial charge in [-0.2, -0.15) is 0 Å². The quantitative estimate of drug-likeness (QED) is 0.0613. The highest BCUT2D eigenvalue weighted by atomic mass is 15.1. The first-order valence-electron chi connectivity index (χ1n) is 18.9. The van der Waals surface area contributed by atoms with Crippen molar-refractivity contribution in [2.45, 2.75) is 226 Å². The number of aryl methyl sites for hydroxylation is 2. The van der Waals surface area contributed by atoms with Gasteiger partial charge in [-0.15, -0.1) is 0 Å². The maximum absolute atomic E-state index is 2.61. The molecule has 0 atom stereocenters. The van der Waals surface area contributed by atoms with Gasteiger partial charge < -0.3 is 0 Å². The van der Waals surface area contributed by atoms with Crippen LogP contribution >= 0.6 is 0 Å². The Morgan fingerprint density at radius 2 is 0.775 bits per heavy atom. The molecule has 0 aliphatic carbocycles. The Morgan fingerprint density at radius 3 is 1.20 bits per heavy atom. The minimum atomic E-state index is 1.23. The van der Waals surface area contributed by atoms with E-state index in [2.05, 4.69) is 42.3 Å². The van der Waals surface area contributed by atoms with E-state index in [4.69, 9.17) is 0 Å². The van der Waals surface area contributed by atoms with E-state index in [1.54, 1.807) is 5.82 Å². The molecular weight excluding hydrogens is 484 g/mol. The van der Waals surface area contributed by atoms with Crippen LogP contribution < -0.4 is 4.57 Å². The lowest BCUT2D eigenvalue weighted by molar-refractivity contribution is -0.704. The molecule has 0 saturated carbocycles. The fourth-order valence-electron chi connectivity index (χ4n) is 6.33. The second-order valence-electron chi connectivity index (χ2n) is 13.0. The lowest BCUT2D eigenvalue weighted by atomic mass is 10.0. The fourth-order valence-corrected chi connectivity index (χ4v) is 6.33. The molecule has 0 unspecified atom stereocenters. The number of rotatable bonds is 32. The van der Waals surface area contributed by atoms with Crippen LogP contribution in [0.15, 0.2) is 12.4 Å². The summed E-state index contributed by atoms with van der Waals surface area (Å²) in [5, 5.41) is 0. The van der Waals surface area contributed by atoms with E-state index >= 15 is 0 Å². The molecule has 0 saturated heterocycles. The van der Waals surface area contributed by atoms with Gasteiger partial charge in [-0.1, -0.05) is 175 Å². The Morgan fingerprint density at radius 1 is 0.425 bits per heavy atom. The molecule has 236 valence electrons. The maximum atomic E-state index is 2.61. The second-order valence-corrected chi connectivity index (χ2v) is 13.0. The molecule has 2 nitrogen and oxygen atoms in total. The van der Waals surface area contributed by atoms with Gasteiger partial charge in [0.2, 0.25) is 0 Å². The first-order chi connectivity index (χ1) is 19.8. The Balaban J connectivity index is 2.14. The van der Waals surface area contributed by atoms with Crippen molar-refractivity contribution in [3.05, 3.63) is 18.2 Å². The van der Waals surface area contributed by atoms with Gasteiger partial charge in [0.25, 0.3) is 5.82 Å². The van der Waals surface area contributed by atoms with E-state index in [-0.39, 0.29) is 0 Å². The second kappa shape index (κ2) is 29.7. The Hall–Kier alpha value is -0.790. The highest BCUT2D eigenvalue weighted by molar-refractivity contribution is 4.84. The summed E-state index contributed by atoms with van der Waals surface area (Å²) in [6.07, 6.45) is 47.4. The van der Waals surface area contributed by atoms with Crippen LogP contribution in [0, 0.1) is 0 Å². The Kier molecular flexibility index (Phi) is 27.6. The monoisotopic (exact) mass is 560 g/mol. The molecule has 0 N–H and O–H groups in total. The average molecular weight is 560 g/mol. The molecule has 0 aliphatic heterocycles. The van der Waals surface area contributed by atoms with Gasteiger partial charge in [-0.05, 0) is 32.1 Å². The van der Waals surface area contributed by atoms with Gasteiger partial charge in [0, 0.05) is 6.42 Å². The summed E-state index contributed by atoms with van der Waals surface area (Å²) in [5.74, 6) is 1.61. The van der Waals surface area contributed by atoms with Gasteiger partial charge in [-0.3, -0.25) is 0 Å². The molecule has 0 aliphatic rings. The van der Waals surface area contributed by atoms with Crippen LogP contribution in [-0.4, -0.2) is 4.57 Å². The van der Waals surface area contributed by atoms with Crippen LogP contribution in [-0.2, 0) is 19.5 Å². The van der Waals surface area contributed by atoms with E-state index in [1.807, 2.05) is 0 Å².